The van der Waals surface area contributed by atoms with E-state index < -0.39 is 0 Å². The van der Waals surface area contributed by atoms with E-state index in [9.17, 15) is 0 Å². The van der Waals surface area contributed by atoms with Crippen molar-refractivity contribution in [2.75, 3.05) is 0 Å². The van der Waals surface area contributed by atoms with Crippen molar-refractivity contribution < 1.29 is 0 Å². The summed E-state index contributed by atoms with van der Waals surface area (Å²) in [5.41, 5.74) is 0. The Morgan fingerprint density at radius 3 is 2.05 bits per heavy atom. The molecule has 2 aliphatic rings. The van der Waals surface area contributed by atoms with Gasteiger partial charge in [0, 0.05) is 17.3 Å². The topological polar surface area (TPSA) is 3.24 Å². The normalized spacial score (nSPS) is 24.1. The van der Waals surface area contributed by atoms with Gasteiger partial charge in [-0.3, -0.25) is 0 Å². The van der Waals surface area contributed by atoms with E-state index in [4.69, 9.17) is 0 Å². The third-order valence-electron chi connectivity index (χ3n) is 5.21. The molecule has 2 fully saturated rings. The largest absolute Gasteiger partial charge is 0.244 e. The Labute approximate surface area is 131 Å². The van der Waals surface area contributed by atoms with Crippen molar-refractivity contribution in [3.05, 3.63) is 0 Å². The van der Waals surface area contributed by atoms with Crippen LogP contribution < -0.4 is 0 Å². The van der Waals surface area contributed by atoms with Crippen LogP contribution in [0.4, 0.5) is 0 Å². The molecule has 2 aliphatic carbocycles. The van der Waals surface area contributed by atoms with Crippen LogP contribution in [0.2, 0.25) is 0 Å². The lowest BCUT2D eigenvalue weighted by Gasteiger charge is -2.41. The highest BCUT2D eigenvalue weighted by Gasteiger charge is 2.29. The molecule has 2 saturated carbocycles. The van der Waals surface area contributed by atoms with Crippen molar-refractivity contribution in [2.24, 2.45) is 0 Å². The Kier molecular flexibility index (Phi) is 7.80. The summed E-state index contributed by atoms with van der Waals surface area (Å²) in [6.45, 7) is 4.75. The highest BCUT2D eigenvalue weighted by molar-refractivity contribution is 7.97. The highest BCUT2D eigenvalue weighted by atomic mass is 32.2. The van der Waals surface area contributed by atoms with Crippen LogP contribution in [-0.4, -0.2) is 21.6 Å². The summed E-state index contributed by atoms with van der Waals surface area (Å²) in [5.74, 6) is 0. The fraction of sp³-hybridized carbons (Fsp3) is 1.00. The molecule has 0 aliphatic heterocycles. The van der Waals surface area contributed by atoms with E-state index in [2.05, 4.69) is 30.1 Å². The summed E-state index contributed by atoms with van der Waals surface area (Å²) in [6.07, 6.45) is 18.8. The molecule has 0 aromatic carbocycles. The summed E-state index contributed by atoms with van der Waals surface area (Å²) in [4.78, 5) is 0. The minimum Gasteiger partial charge on any atom is -0.244 e. The second kappa shape index (κ2) is 9.35. The molecule has 0 amide bonds. The molecule has 1 atom stereocenters. The zero-order chi connectivity index (χ0) is 14.2. The van der Waals surface area contributed by atoms with Crippen molar-refractivity contribution >= 4 is 11.9 Å². The van der Waals surface area contributed by atoms with Crippen molar-refractivity contribution in [1.82, 2.24) is 4.31 Å². The molecule has 0 saturated heterocycles. The molecular weight excluding hydrogens is 262 g/mol. The van der Waals surface area contributed by atoms with Gasteiger partial charge in [0.1, 0.15) is 0 Å². The summed E-state index contributed by atoms with van der Waals surface area (Å²) >= 11 is 2.28. The molecule has 0 aromatic rings. The maximum atomic E-state index is 2.90. The maximum Gasteiger partial charge on any atom is 0.0205 e. The minimum absolute atomic E-state index is 0.829. The summed E-state index contributed by atoms with van der Waals surface area (Å²) in [5, 5.41) is 0.927. The minimum atomic E-state index is 0.829. The fourth-order valence-electron chi connectivity index (χ4n) is 3.99. The van der Waals surface area contributed by atoms with Gasteiger partial charge in [-0.05, 0) is 38.5 Å². The molecule has 1 nitrogen and oxygen atoms in total. The second-order valence-corrected chi connectivity index (χ2v) is 8.17. The standard InChI is InChI=1S/C18H35NS/c1-3-11-16(4-2)19(17-12-7-5-8-13-17)20-18-14-9-6-10-15-18/h16-18H,3-15H2,1-2H3. The first-order valence-electron chi connectivity index (χ1n) is 9.30. The van der Waals surface area contributed by atoms with Gasteiger partial charge in [-0.15, -0.1) is 0 Å². The van der Waals surface area contributed by atoms with Gasteiger partial charge in [0.05, 0.1) is 0 Å². The van der Waals surface area contributed by atoms with E-state index >= 15 is 0 Å². The van der Waals surface area contributed by atoms with E-state index in [0.29, 0.717) is 0 Å². The monoisotopic (exact) mass is 297 g/mol. The first-order chi connectivity index (χ1) is 9.85. The summed E-state index contributed by atoms with van der Waals surface area (Å²) in [7, 11) is 0. The summed E-state index contributed by atoms with van der Waals surface area (Å²) < 4.78 is 2.90. The van der Waals surface area contributed by atoms with E-state index in [1.54, 1.807) is 0 Å². The van der Waals surface area contributed by atoms with E-state index in [-0.39, 0.29) is 0 Å². The van der Waals surface area contributed by atoms with Crippen molar-refractivity contribution in [3.8, 4) is 0 Å². The van der Waals surface area contributed by atoms with Crippen LogP contribution in [0.3, 0.4) is 0 Å². The van der Waals surface area contributed by atoms with Gasteiger partial charge in [0.25, 0.3) is 0 Å². The van der Waals surface area contributed by atoms with E-state index in [0.717, 1.165) is 17.3 Å². The zero-order valence-corrected chi connectivity index (χ0v) is 14.6. The molecule has 0 N–H and O–H groups in total. The average molecular weight is 298 g/mol. The van der Waals surface area contributed by atoms with E-state index in [1.165, 1.54) is 83.5 Å². The van der Waals surface area contributed by atoms with Crippen LogP contribution in [0.15, 0.2) is 0 Å². The Morgan fingerprint density at radius 2 is 1.50 bits per heavy atom. The van der Waals surface area contributed by atoms with Crippen LogP contribution in [-0.2, 0) is 0 Å². The van der Waals surface area contributed by atoms with Gasteiger partial charge in [-0.2, -0.15) is 0 Å². The molecular formula is C18H35NS. The second-order valence-electron chi connectivity index (χ2n) is 6.87. The number of rotatable bonds is 7. The first-order valence-corrected chi connectivity index (χ1v) is 10.1. The van der Waals surface area contributed by atoms with Crippen molar-refractivity contribution in [3.63, 3.8) is 0 Å². The smallest absolute Gasteiger partial charge is 0.0205 e. The van der Waals surface area contributed by atoms with Crippen LogP contribution in [0, 0.1) is 0 Å². The maximum absolute atomic E-state index is 2.90. The van der Waals surface area contributed by atoms with Gasteiger partial charge >= 0.3 is 0 Å². The molecule has 0 radical (unpaired) electrons. The van der Waals surface area contributed by atoms with Crippen LogP contribution >= 0.6 is 11.9 Å². The number of nitrogens with zero attached hydrogens (tertiary/aromatic N) is 1. The number of hydrogen-bond acceptors (Lipinski definition) is 2. The number of hydrogen-bond donors (Lipinski definition) is 0. The Balaban J connectivity index is 1.96. The lowest BCUT2D eigenvalue weighted by molar-refractivity contribution is 0.205. The third-order valence-corrected chi connectivity index (χ3v) is 6.82. The van der Waals surface area contributed by atoms with Crippen LogP contribution in [0.5, 0.6) is 0 Å². The van der Waals surface area contributed by atoms with Gasteiger partial charge < -0.3 is 0 Å². The molecule has 0 aromatic heterocycles. The molecule has 118 valence electrons. The molecule has 2 heteroatoms. The van der Waals surface area contributed by atoms with Crippen LogP contribution in [0.25, 0.3) is 0 Å². The Bertz CT molecular complexity index is 239. The van der Waals surface area contributed by atoms with Crippen molar-refractivity contribution in [2.45, 2.75) is 115 Å². The Morgan fingerprint density at radius 1 is 0.900 bits per heavy atom. The first kappa shape index (κ1) is 16.7. The van der Waals surface area contributed by atoms with Crippen molar-refractivity contribution in [1.29, 1.82) is 0 Å². The van der Waals surface area contributed by atoms with Crippen LogP contribution in [0.1, 0.15) is 97.3 Å². The third kappa shape index (κ3) is 4.94. The van der Waals surface area contributed by atoms with Gasteiger partial charge in [0.15, 0.2) is 0 Å². The summed E-state index contributed by atoms with van der Waals surface area (Å²) in [6, 6.07) is 1.71. The van der Waals surface area contributed by atoms with Gasteiger partial charge in [-0.25, -0.2) is 4.31 Å². The molecule has 0 heterocycles. The lowest BCUT2D eigenvalue weighted by atomic mass is 9.94. The molecule has 0 bridgehead atoms. The SMILES string of the molecule is CCCC(CC)N(SC1CCCCC1)C1CCCCC1. The quantitative estimate of drug-likeness (QED) is 0.516. The molecule has 0 spiro atoms. The molecule has 20 heavy (non-hydrogen) atoms. The fourth-order valence-corrected chi connectivity index (χ4v) is 5.69. The predicted octanol–water partition coefficient (Wildman–Crippen LogP) is 6.18. The molecule has 1 unspecified atom stereocenters. The van der Waals surface area contributed by atoms with E-state index in [1.807, 2.05) is 0 Å². The van der Waals surface area contributed by atoms with Gasteiger partial charge in [0.2, 0.25) is 0 Å². The molecule has 2 rings (SSSR count). The highest BCUT2D eigenvalue weighted by Crippen LogP contribution is 2.38. The lowest BCUT2D eigenvalue weighted by Crippen LogP contribution is -2.40. The Hall–Kier alpha value is 0.310. The zero-order valence-electron chi connectivity index (χ0n) is 13.8. The van der Waals surface area contributed by atoms with Gasteiger partial charge in [-0.1, -0.05) is 70.7 Å². The average Bonchev–Trinajstić information content (AvgIpc) is 2.52. The predicted molar refractivity (Wildman–Crippen MR) is 92.2 cm³/mol.